The van der Waals surface area contributed by atoms with Gasteiger partial charge < -0.3 is 9.80 Å². The van der Waals surface area contributed by atoms with Crippen LogP contribution in [0, 0.1) is 5.92 Å². The molecule has 45 heavy (non-hydrogen) atoms. The lowest BCUT2D eigenvalue weighted by Crippen LogP contribution is -2.53. The highest BCUT2D eigenvalue weighted by Crippen LogP contribution is 2.40. The molecular weight excluding hydrogens is 676 g/mol. The molecule has 0 N–H and O–H groups in total. The topological polar surface area (TPSA) is 81.2 Å². The Kier molecular flexibility index (Phi) is 9.68. The van der Waals surface area contributed by atoms with E-state index in [1.54, 1.807) is 17.9 Å². The highest BCUT2D eigenvalue weighted by atomic mass is 79.9. The lowest BCUT2D eigenvalue weighted by atomic mass is 9.95. The zero-order chi connectivity index (χ0) is 31.7. The van der Waals surface area contributed by atoms with E-state index in [9.17, 15) is 18.0 Å². The third-order valence-electron chi connectivity index (χ3n) is 9.24. The summed E-state index contributed by atoms with van der Waals surface area (Å²) in [5.41, 5.74) is 3.67. The number of piperidine rings is 1. The van der Waals surface area contributed by atoms with Crippen LogP contribution in [0.3, 0.4) is 0 Å². The van der Waals surface area contributed by atoms with E-state index >= 15 is 0 Å². The largest absolute Gasteiger partial charge is 0.340 e. The zero-order valence-electron chi connectivity index (χ0n) is 25.4. The van der Waals surface area contributed by atoms with Crippen molar-refractivity contribution in [2.24, 2.45) is 5.92 Å². The first-order chi connectivity index (χ1) is 21.7. The monoisotopic (exact) mass is 712 g/mol. The molecule has 3 aliphatic heterocycles. The van der Waals surface area contributed by atoms with Gasteiger partial charge in [-0.15, -0.1) is 0 Å². The average molecular weight is 714 g/mol. The maximum absolute atomic E-state index is 14.1. The molecule has 2 atom stereocenters. The summed E-state index contributed by atoms with van der Waals surface area (Å²) < 4.78 is 30.4. The van der Waals surface area contributed by atoms with E-state index in [4.69, 9.17) is 11.6 Å². The number of nitrogens with zero attached hydrogens (tertiary/aromatic N) is 4. The number of hydrogen-bond donors (Lipinski definition) is 0. The lowest BCUT2D eigenvalue weighted by molar-refractivity contribution is -0.138. The van der Waals surface area contributed by atoms with E-state index in [1.807, 2.05) is 41.3 Å². The third kappa shape index (κ3) is 6.58. The molecule has 0 aliphatic carbocycles. The van der Waals surface area contributed by atoms with E-state index in [-0.39, 0.29) is 29.3 Å². The number of rotatable bonds is 7. The maximum Gasteiger partial charge on any atom is 0.245 e. The van der Waals surface area contributed by atoms with Crippen LogP contribution in [0.2, 0.25) is 5.02 Å². The second-order valence-electron chi connectivity index (χ2n) is 12.0. The van der Waals surface area contributed by atoms with Crippen molar-refractivity contribution in [2.75, 3.05) is 50.7 Å². The van der Waals surface area contributed by atoms with Gasteiger partial charge in [-0.1, -0.05) is 76.9 Å². The molecule has 3 aromatic rings. The number of carbonyl (C=O) groups excluding carboxylic acids is 2. The first kappa shape index (κ1) is 32.2. The number of sulfonamides is 1. The summed E-state index contributed by atoms with van der Waals surface area (Å²) in [6.07, 6.45) is 2.17. The number of amides is 2. The number of fused-ring (bicyclic) bond motifs is 1. The normalized spacial score (nSPS) is 20.2. The molecule has 0 aromatic heterocycles. The molecule has 6 rings (SSSR count). The highest BCUT2D eigenvalue weighted by Gasteiger charge is 2.40. The zero-order valence-corrected chi connectivity index (χ0v) is 28.5. The summed E-state index contributed by atoms with van der Waals surface area (Å²) >= 11 is 9.67. The van der Waals surface area contributed by atoms with Crippen LogP contribution < -0.4 is 4.90 Å². The van der Waals surface area contributed by atoms with Gasteiger partial charge in [-0.25, -0.2) is 8.42 Å². The third-order valence-corrected chi connectivity index (χ3v) is 11.8. The van der Waals surface area contributed by atoms with Gasteiger partial charge in [-0.05, 0) is 60.2 Å². The Morgan fingerprint density at radius 3 is 2.31 bits per heavy atom. The van der Waals surface area contributed by atoms with Gasteiger partial charge in [0, 0.05) is 61.7 Å². The maximum atomic E-state index is 14.1. The second-order valence-corrected chi connectivity index (χ2v) is 15.2. The molecule has 0 unspecified atom stereocenters. The molecule has 8 nitrogen and oxygen atoms in total. The predicted molar refractivity (Wildman–Crippen MR) is 180 cm³/mol. The van der Waals surface area contributed by atoms with Crippen molar-refractivity contribution in [1.82, 2.24) is 14.1 Å². The van der Waals surface area contributed by atoms with Gasteiger partial charge in [0.25, 0.3) is 0 Å². The highest BCUT2D eigenvalue weighted by molar-refractivity contribution is 9.10. The second kappa shape index (κ2) is 13.5. The number of hydrogen-bond acceptors (Lipinski definition) is 5. The van der Waals surface area contributed by atoms with Gasteiger partial charge in [-0.2, -0.15) is 4.31 Å². The Balaban J connectivity index is 1.16. The minimum atomic E-state index is -3.94. The van der Waals surface area contributed by atoms with Crippen LogP contribution in [0.5, 0.6) is 0 Å². The lowest BCUT2D eigenvalue weighted by Gasteiger charge is -2.41. The molecule has 2 saturated heterocycles. The van der Waals surface area contributed by atoms with Gasteiger partial charge >= 0.3 is 0 Å². The summed E-state index contributed by atoms with van der Waals surface area (Å²) in [7, 11) is -3.94. The van der Waals surface area contributed by atoms with E-state index in [0.717, 1.165) is 11.1 Å². The Labute approximate surface area is 279 Å². The molecular formula is C34H38BrClN4O4S. The number of carbonyl (C=O) groups is 2. The van der Waals surface area contributed by atoms with Crippen LogP contribution >= 0.6 is 27.5 Å². The summed E-state index contributed by atoms with van der Waals surface area (Å²) in [6.45, 7) is 5.30. The van der Waals surface area contributed by atoms with Crippen molar-refractivity contribution in [2.45, 2.75) is 43.5 Å². The number of benzene rings is 3. The van der Waals surface area contributed by atoms with Gasteiger partial charge in [-0.3, -0.25) is 14.5 Å². The van der Waals surface area contributed by atoms with E-state index < -0.39 is 15.9 Å². The molecule has 0 bridgehead atoms. The SMILES string of the molecule is CCC(=O)N1CCc2cc(Br)cc(S(=O)(=O)N3CCC[C@@H](C(=O)N4CCN([C@@H](c5ccccc5)c5ccc(Cl)cc5)CC4)C3)c21. The summed E-state index contributed by atoms with van der Waals surface area (Å²) in [5.74, 6) is -0.488. The van der Waals surface area contributed by atoms with Crippen molar-refractivity contribution in [3.05, 3.63) is 92.9 Å². The van der Waals surface area contributed by atoms with E-state index in [1.165, 1.54) is 9.87 Å². The summed E-state index contributed by atoms with van der Waals surface area (Å²) in [5, 5.41) is 0.695. The van der Waals surface area contributed by atoms with Crippen molar-refractivity contribution in [3.8, 4) is 0 Å². The van der Waals surface area contributed by atoms with Crippen molar-refractivity contribution < 1.29 is 18.0 Å². The van der Waals surface area contributed by atoms with Gasteiger partial charge in [0.15, 0.2) is 0 Å². The van der Waals surface area contributed by atoms with E-state index in [2.05, 4.69) is 45.1 Å². The van der Waals surface area contributed by atoms with Crippen LogP contribution in [0.4, 0.5) is 5.69 Å². The van der Waals surface area contributed by atoms with Crippen LogP contribution in [0.15, 0.2) is 76.1 Å². The Bertz CT molecular complexity index is 1660. The predicted octanol–water partition coefficient (Wildman–Crippen LogP) is 5.74. The quantitative estimate of drug-likeness (QED) is 0.312. The molecule has 3 aromatic carbocycles. The van der Waals surface area contributed by atoms with Crippen LogP contribution in [-0.4, -0.2) is 80.2 Å². The smallest absolute Gasteiger partial charge is 0.245 e. The molecule has 238 valence electrons. The Morgan fingerprint density at radius 2 is 1.62 bits per heavy atom. The van der Waals surface area contributed by atoms with Crippen molar-refractivity contribution in [3.63, 3.8) is 0 Å². The van der Waals surface area contributed by atoms with Gasteiger partial charge in [0.2, 0.25) is 21.8 Å². The Morgan fingerprint density at radius 1 is 0.933 bits per heavy atom. The van der Waals surface area contributed by atoms with Crippen LogP contribution in [0.1, 0.15) is 48.9 Å². The summed E-state index contributed by atoms with van der Waals surface area (Å²) in [4.78, 5) is 32.6. The number of piperazine rings is 1. The molecule has 2 fully saturated rings. The van der Waals surface area contributed by atoms with Gasteiger partial charge in [0.1, 0.15) is 4.90 Å². The first-order valence-electron chi connectivity index (χ1n) is 15.6. The average Bonchev–Trinajstić information content (AvgIpc) is 3.49. The molecule has 0 saturated carbocycles. The van der Waals surface area contributed by atoms with Crippen molar-refractivity contribution in [1.29, 1.82) is 0 Å². The minimum Gasteiger partial charge on any atom is -0.340 e. The molecule has 3 aliphatic rings. The molecule has 2 amide bonds. The molecule has 11 heteroatoms. The van der Waals surface area contributed by atoms with Gasteiger partial charge in [0.05, 0.1) is 17.6 Å². The standard InChI is InChI=1S/C34H38BrClN4O4S/c1-2-31(41)40-16-14-26-21-28(35)22-30(33(26)40)45(43,44)39-15-6-9-27(23-39)34(42)38-19-17-37(18-20-38)32(24-7-4-3-5-8-24)25-10-12-29(36)13-11-25/h3-5,7-8,10-13,21-22,27,32H,2,6,9,14-20,23H2,1H3/t27-,32+/m1/s1. The fourth-order valence-electron chi connectivity index (χ4n) is 6.96. The summed E-state index contributed by atoms with van der Waals surface area (Å²) in [6, 6.07) is 21.9. The van der Waals surface area contributed by atoms with Crippen molar-refractivity contribution >= 4 is 55.1 Å². The molecule has 3 heterocycles. The van der Waals surface area contributed by atoms with Crippen LogP contribution in [-0.2, 0) is 26.0 Å². The first-order valence-corrected chi connectivity index (χ1v) is 18.2. The Hall–Kier alpha value is -2.76. The fourth-order valence-corrected chi connectivity index (χ4v) is 9.53. The minimum absolute atomic E-state index is 0.0135. The van der Waals surface area contributed by atoms with Crippen LogP contribution in [0.25, 0.3) is 0 Å². The fraction of sp³-hybridized carbons (Fsp3) is 0.412. The van der Waals surface area contributed by atoms with E-state index in [0.29, 0.717) is 80.1 Å². The molecule has 0 radical (unpaired) electrons. The number of halogens is 2. The molecule has 0 spiro atoms. The number of anilines is 1.